The van der Waals surface area contributed by atoms with Crippen LogP contribution in [0, 0.1) is 0 Å². The molecule has 3 rings (SSSR count). The summed E-state index contributed by atoms with van der Waals surface area (Å²) >= 11 is 6.73. The minimum absolute atomic E-state index is 0.631. The number of furan rings is 1. The number of aromatic nitrogens is 2. The highest BCUT2D eigenvalue weighted by Crippen LogP contribution is 2.34. The smallest absolute Gasteiger partial charge is 0.197 e. The van der Waals surface area contributed by atoms with Crippen molar-refractivity contribution in [3.05, 3.63) is 26.5 Å². The highest BCUT2D eigenvalue weighted by Gasteiger charge is 2.21. The Morgan fingerprint density at radius 3 is 2.78 bits per heavy atom. The van der Waals surface area contributed by atoms with Crippen molar-refractivity contribution in [1.82, 2.24) is 9.97 Å². The van der Waals surface area contributed by atoms with Crippen LogP contribution in [-0.4, -0.2) is 17.0 Å². The Kier molecular flexibility index (Phi) is 3.15. The molecule has 2 heterocycles. The van der Waals surface area contributed by atoms with E-state index in [1.54, 1.807) is 0 Å². The van der Waals surface area contributed by atoms with E-state index in [1.807, 2.05) is 13.1 Å². The van der Waals surface area contributed by atoms with Gasteiger partial charge in [-0.1, -0.05) is 0 Å². The van der Waals surface area contributed by atoms with E-state index >= 15 is 0 Å². The molecule has 0 radical (unpaired) electrons. The van der Waals surface area contributed by atoms with Crippen LogP contribution in [0.15, 0.2) is 19.6 Å². The van der Waals surface area contributed by atoms with Crippen molar-refractivity contribution in [3.8, 4) is 11.6 Å². The molecule has 0 spiro atoms. The predicted molar refractivity (Wildman–Crippen MR) is 76.7 cm³/mol. The topological polar surface area (TPSA) is 51.0 Å². The van der Waals surface area contributed by atoms with Crippen molar-refractivity contribution < 1.29 is 4.42 Å². The van der Waals surface area contributed by atoms with Gasteiger partial charge >= 0.3 is 0 Å². The first-order valence-electron chi connectivity index (χ1n) is 5.72. The summed E-state index contributed by atoms with van der Waals surface area (Å²) in [5.74, 6) is 2.21. The van der Waals surface area contributed by atoms with Crippen molar-refractivity contribution in [2.24, 2.45) is 0 Å². The predicted octanol–water partition coefficient (Wildman–Crippen LogP) is 3.79. The van der Waals surface area contributed by atoms with E-state index in [0.29, 0.717) is 16.3 Å². The van der Waals surface area contributed by atoms with Crippen molar-refractivity contribution >= 4 is 37.7 Å². The van der Waals surface area contributed by atoms with E-state index in [2.05, 4.69) is 47.1 Å². The van der Waals surface area contributed by atoms with Gasteiger partial charge in [0.15, 0.2) is 16.3 Å². The molecule has 18 heavy (non-hydrogen) atoms. The number of rotatable bonds is 2. The van der Waals surface area contributed by atoms with Crippen molar-refractivity contribution in [3.63, 3.8) is 0 Å². The Morgan fingerprint density at radius 2 is 2.11 bits per heavy atom. The lowest BCUT2D eigenvalue weighted by Crippen LogP contribution is -2.03. The van der Waals surface area contributed by atoms with Gasteiger partial charge in [-0.05, 0) is 51.1 Å². The maximum Gasteiger partial charge on any atom is 0.197 e. The third kappa shape index (κ3) is 1.97. The fourth-order valence-corrected chi connectivity index (χ4v) is 2.78. The summed E-state index contributed by atoms with van der Waals surface area (Å²) in [5, 5.41) is 3.14. The molecule has 0 saturated heterocycles. The summed E-state index contributed by atoms with van der Waals surface area (Å²) < 4.78 is 7.10. The molecule has 0 unspecified atom stereocenters. The van der Waals surface area contributed by atoms with Gasteiger partial charge in [0.2, 0.25) is 0 Å². The van der Waals surface area contributed by atoms with E-state index in [1.165, 1.54) is 5.56 Å². The molecule has 94 valence electrons. The van der Waals surface area contributed by atoms with Gasteiger partial charge in [-0.2, -0.15) is 0 Å². The first kappa shape index (κ1) is 12.2. The van der Waals surface area contributed by atoms with Gasteiger partial charge in [0.05, 0.1) is 4.47 Å². The van der Waals surface area contributed by atoms with Crippen LogP contribution in [0.3, 0.4) is 0 Å². The van der Waals surface area contributed by atoms with E-state index in [-0.39, 0.29) is 0 Å². The maximum atomic E-state index is 5.58. The zero-order valence-corrected chi connectivity index (χ0v) is 12.9. The molecule has 1 aliphatic rings. The quantitative estimate of drug-likeness (QED) is 0.871. The molecule has 0 saturated carbocycles. The zero-order chi connectivity index (χ0) is 12.7. The third-order valence-electron chi connectivity index (χ3n) is 3.04. The van der Waals surface area contributed by atoms with Crippen LogP contribution in [0.4, 0.5) is 5.82 Å². The minimum atomic E-state index is 0.631. The van der Waals surface area contributed by atoms with Crippen molar-refractivity contribution in [2.75, 3.05) is 12.4 Å². The third-order valence-corrected chi connectivity index (χ3v) is 4.75. The molecule has 4 nitrogen and oxygen atoms in total. The number of hydrogen-bond donors (Lipinski definition) is 1. The molecule has 0 fully saturated rings. The Labute approximate surface area is 121 Å². The average molecular weight is 373 g/mol. The van der Waals surface area contributed by atoms with Gasteiger partial charge in [0.1, 0.15) is 5.82 Å². The highest BCUT2D eigenvalue weighted by molar-refractivity contribution is 9.13. The van der Waals surface area contributed by atoms with Crippen molar-refractivity contribution in [2.45, 2.75) is 19.3 Å². The highest BCUT2D eigenvalue weighted by atomic mass is 79.9. The van der Waals surface area contributed by atoms with Gasteiger partial charge < -0.3 is 9.73 Å². The second-order valence-corrected chi connectivity index (χ2v) is 5.73. The lowest BCUT2D eigenvalue weighted by Gasteiger charge is -2.07. The second-order valence-electron chi connectivity index (χ2n) is 4.16. The van der Waals surface area contributed by atoms with Gasteiger partial charge in [-0.25, -0.2) is 9.97 Å². The lowest BCUT2D eigenvalue weighted by atomic mass is 10.2. The Hall–Kier alpha value is -0.880. The van der Waals surface area contributed by atoms with Crippen LogP contribution in [0.25, 0.3) is 11.6 Å². The number of fused-ring (bicyclic) bond motifs is 1. The van der Waals surface area contributed by atoms with Crippen LogP contribution in [0.1, 0.15) is 17.7 Å². The fourth-order valence-electron chi connectivity index (χ4n) is 2.21. The van der Waals surface area contributed by atoms with Crippen LogP contribution in [0.5, 0.6) is 0 Å². The summed E-state index contributed by atoms with van der Waals surface area (Å²) in [6.07, 6.45) is 3.22. The number of nitrogens with one attached hydrogen (secondary N) is 1. The maximum absolute atomic E-state index is 5.58. The SMILES string of the molecule is CNc1nc(-c2cc(Br)c(Br)o2)nc2c1CCC2. The molecular formula is C12H11Br2N3O. The molecule has 1 aliphatic carbocycles. The number of anilines is 1. The molecule has 6 heteroatoms. The normalized spacial score (nSPS) is 13.7. The molecule has 2 aromatic rings. The van der Waals surface area contributed by atoms with Crippen molar-refractivity contribution in [1.29, 1.82) is 0 Å². The van der Waals surface area contributed by atoms with Crippen LogP contribution < -0.4 is 5.32 Å². The first-order chi connectivity index (χ1) is 8.69. The molecule has 0 amide bonds. The standard InChI is InChI=1S/C12H11Br2N3O/c1-15-11-6-3-2-4-8(6)16-12(17-11)9-5-7(13)10(14)18-9/h5H,2-4H2,1H3,(H,15,16,17). The number of nitrogens with zero attached hydrogens (tertiary/aromatic N) is 2. The summed E-state index contributed by atoms with van der Waals surface area (Å²) in [6, 6.07) is 1.88. The largest absolute Gasteiger partial charge is 0.445 e. The van der Waals surface area contributed by atoms with E-state index < -0.39 is 0 Å². The summed E-state index contributed by atoms with van der Waals surface area (Å²) in [7, 11) is 1.89. The van der Waals surface area contributed by atoms with Gasteiger partial charge in [-0.3, -0.25) is 0 Å². The second kappa shape index (κ2) is 4.66. The first-order valence-corrected chi connectivity index (χ1v) is 7.30. The van der Waals surface area contributed by atoms with Crippen LogP contribution in [0.2, 0.25) is 0 Å². The lowest BCUT2D eigenvalue weighted by molar-refractivity contribution is 0.549. The zero-order valence-electron chi connectivity index (χ0n) is 9.76. The molecule has 0 aliphatic heterocycles. The number of hydrogen-bond acceptors (Lipinski definition) is 4. The van der Waals surface area contributed by atoms with E-state index in [4.69, 9.17) is 4.42 Å². The van der Waals surface area contributed by atoms with E-state index in [0.717, 1.165) is 35.2 Å². The van der Waals surface area contributed by atoms with Crippen LogP contribution in [-0.2, 0) is 12.8 Å². The Bertz CT molecular complexity index is 590. The Morgan fingerprint density at radius 1 is 1.28 bits per heavy atom. The van der Waals surface area contributed by atoms with E-state index in [9.17, 15) is 0 Å². The molecule has 0 aromatic carbocycles. The van der Waals surface area contributed by atoms with Gasteiger partial charge in [0.25, 0.3) is 0 Å². The monoisotopic (exact) mass is 371 g/mol. The Balaban J connectivity index is 2.13. The molecule has 0 bridgehead atoms. The molecule has 1 N–H and O–H groups in total. The number of halogens is 2. The summed E-state index contributed by atoms with van der Waals surface area (Å²) in [6.45, 7) is 0. The summed E-state index contributed by atoms with van der Waals surface area (Å²) in [4.78, 5) is 9.13. The van der Waals surface area contributed by atoms with Crippen LogP contribution >= 0.6 is 31.9 Å². The summed E-state index contributed by atoms with van der Waals surface area (Å²) in [5.41, 5.74) is 2.37. The molecule has 0 atom stereocenters. The average Bonchev–Trinajstić information content (AvgIpc) is 2.95. The fraction of sp³-hybridized carbons (Fsp3) is 0.333. The van der Waals surface area contributed by atoms with Gasteiger partial charge in [-0.15, -0.1) is 0 Å². The number of aryl methyl sites for hydroxylation is 1. The minimum Gasteiger partial charge on any atom is -0.445 e. The van der Waals surface area contributed by atoms with Gasteiger partial charge in [0, 0.05) is 24.4 Å². The molecular weight excluding hydrogens is 362 g/mol. The molecule has 2 aromatic heterocycles.